The third-order valence-electron chi connectivity index (χ3n) is 2.86. The van der Waals surface area contributed by atoms with Crippen molar-refractivity contribution in [1.29, 1.82) is 0 Å². The standard InChI is InChI=1S/C12H11F8NO2S/c1-3-21(11(23)12(13,14)15)9-4-8(7(2)22)5-10(6-9)24(16,17,18,19)20/h4-6H,3H2,1-2H3. The molecular weight excluding hydrogens is 374 g/mol. The summed E-state index contributed by atoms with van der Waals surface area (Å²) in [5, 5.41) is 0. The number of carbonyl (C=O) groups is 2. The minimum atomic E-state index is -10.3. The molecule has 0 aliphatic rings. The maximum absolute atomic E-state index is 12.9. The Morgan fingerprint density at radius 1 is 1.04 bits per heavy atom. The van der Waals surface area contributed by atoms with Gasteiger partial charge in [0, 0.05) is 17.8 Å². The molecule has 3 nitrogen and oxygen atoms in total. The van der Waals surface area contributed by atoms with Crippen LogP contribution in [-0.2, 0) is 4.79 Å². The highest BCUT2D eigenvalue weighted by molar-refractivity contribution is 8.45. The van der Waals surface area contributed by atoms with E-state index in [2.05, 4.69) is 0 Å². The second-order valence-corrected chi connectivity index (χ2v) is 7.20. The Kier molecular flexibility index (Phi) is 4.27. The van der Waals surface area contributed by atoms with Crippen LogP contribution in [0.2, 0.25) is 0 Å². The van der Waals surface area contributed by atoms with Crippen LogP contribution in [0.25, 0.3) is 0 Å². The van der Waals surface area contributed by atoms with Gasteiger partial charge in [-0.2, -0.15) is 13.2 Å². The molecule has 0 N–H and O–H groups in total. The summed E-state index contributed by atoms with van der Waals surface area (Å²) in [6.45, 7) is 0.999. The highest BCUT2D eigenvalue weighted by atomic mass is 32.5. The quantitative estimate of drug-likeness (QED) is 0.510. The van der Waals surface area contributed by atoms with Crippen LogP contribution in [0.4, 0.5) is 38.3 Å². The first-order valence-electron chi connectivity index (χ1n) is 6.15. The van der Waals surface area contributed by atoms with Crippen molar-refractivity contribution in [1.82, 2.24) is 0 Å². The van der Waals surface area contributed by atoms with Crippen LogP contribution in [-0.4, -0.2) is 24.4 Å². The van der Waals surface area contributed by atoms with Crippen LogP contribution >= 0.6 is 10.2 Å². The molecule has 1 aromatic carbocycles. The van der Waals surface area contributed by atoms with E-state index in [9.17, 15) is 42.2 Å². The van der Waals surface area contributed by atoms with Gasteiger partial charge in [0.15, 0.2) is 5.78 Å². The third kappa shape index (κ3) is 4.58. The summed E-state index contributed by atoms with van der Waals surface area (Å²) in [5.41, 5.74) is -2.00. The number of amides is 1. The first kappa shape index (κ1) is 20.2. The number of hydrogen-bond acceptors (Lipinski definition) is 2. The number of anilines is 1. The van der Waals surface area contributed by atoms with Crippen molar-refractivity contribution < 1.29 is 42.2 Å². The zero-order valence-corrected chi connectivity index (χ0v) is 13.0. The van der Waals surface area contributed by atoms with Crippen molar-refractivity contribution >= 4 is 27.6 Å². The molecule has 0 radical (unpaired) electrons. The molecule has 0 fully saturated rings. The van der Waals surface area contributed by atoms with E-state index in [1.807, 2.05) is 0 Å². The molecule has 1 rings (SSSR count). The van der Waals surface area contributed by atoms with Gasteiger partial charge in [-0.1, -0.05) is 19.4 Å². The first-order chi connectivity index (χ1) is 10.4. The Hall–Kier alpha value is -1.85. The monoisotopic (exact) mass is 385 g/mol. The van der Waals surface area contributed by atoms with E-state index in [1.165, 1.54) is 0 Å². The third-order valence-corrected chi connectivity index (χ3v) is 3.99. The van der Waals surface area contributed by atoms with E-state index in [0.29, 0.717) is 6.07 Å². The van der Waals surface area contributed by atoms with Gasteiger partial charge in [-0.05, 0) is 32.0 Å². The lowest BCUT2D eigenvalue weighted by Crippen LogP contribution is -2.41. The SMILES string of the molecule is CCN(C(=O)C(F)(F)F)c1cc(C(C)=O)cc(S(F)(F)(F)(F)F)c1. The molecule has 0 heterocycles. The highest BCUT2D eigenvalue weighted by Gasteiger charge is 2.65. The lowest BCUT2D eigenvalue weighted by molar-refractivity contribution is -0.170. The summed E-state index contributed by atoms with van der Waals surface area (Å²) in [7, 11) is -10.3. The molecule has 0 saturated heterocycles. The van der Waals surface area contributed by atoms with Gasteiger partial charge in [-0.15, -0.1) is 0 Å². The molecule has 0 unspecified atom stereocenters. The predicted molar refractivity (Wildman–Crippen MR) is 71.9 cm³/mol. The Labute approximate surface area is 131 Å². The van der Waals surface area contributed by atoms with E-state index < -0.39 is 50.8 Å². The summed E-state index contributed by atoms with van der Waals surface area (Å²) < 4.78 is 102. The van der Waals surface area contributed by atoms with Crippen LogP contribution in [0.15, 0.2) is 23.1 Å². The first-order valence-corrected chi connectivity index (χ1v) is 8.10. The summed E-state index contributed by atoms with van der Waals surface area (Å²) in [6, 6.07) is 0.0862. The Bertz CT molecular complexity index is 695. The molecule has 138 valence electrons. The lowest BCUT2D eigenvalue weighted by atomic mass is 10.1. The van der Waals surface area contributed by atoms with E-state index in [0.717, 1.165) is 13.8 Å². The normalized spacial score (nSPS) is 15.4. The second kappa shape index (κ2) is 5.07. The van der Waals surface area contributed by atoms with Gasteiger partial charge in [-0.25, -0.2) is 0 Å². The highest BCUT2D eigenvalue weighted by Crippen LogP contribution is 3.02. The van der Waals surface area contributed by atoms with Crippen molar-refractivity contribution in [3.05, 3.63) is 23.8 Å². The molecular formula is C12H11F8NO2S. The van der Waals surface area contributed by atoms with E-state index in [-0.39, 0.29) is 17.0 Å². The molecule has 1 amide bonds. The maximum atomic E-state index is 12.9. The largest absolute Gasteiger partial charge is 0.471 e. The zero-order chi connectivity index (χ0) is 19.2. The average molecular weight is 385 g/mol. The zero-order valence-electron chi connectivity index (χ0n) is 12.1. The lowest BCUT2D eigenvalue weighted by Gasteiger charge is -2.41. The van der Waals surface area contributed by atoms with Crippen LogP contribution in [0.1, 0.15) is 24.2 Å². The number of nitrogens with zero attached hydrogens (tertiary/aromatic N) is 1. The van der Waals surface area contributed by atoms with E-state index in [1.54, 1.807) is 0 Å². The number of halogens is 8. The molecule has 0 aliphatic carbocycles. The van der Waals surface area contributed by atoms with Crippen LogP contribution < -0.4 is 4.90 Å². The Morgan fingerprint density at radius 3 is 1.88 bits per heavy atom. The molecule has 0 spiro atoms. The predicted octanol–water partition coefficient (Wildman–Crippen LogP) is 5.46. The molecule has 0 saturated carbocycles. The van der Waals surface area contributed by atoms with Gasteiger partial charge >= 0.3 is 22.3 Å². The fourth-order valence-corrected chi connectivity index (χ4v) is 2.45. The minimum absolute atomic E-state index is 0.153. The van der Waals surface area contributed by atoms with Crippen molar-refractivity contribution in [2.75, 3.05) is 11.4 Å². The van der Waals surface area contributed by atoms with Gasteiger partial charge in [0.25, 0.3) is 0 Å². The number of benzene rings is 1. The van der Waals surface area contributed by atoms with Gasteiger partial charge in [0.2, 0.25) is 0 Å². The smallest absolute Gasteiger partial charge is 0.305 e. The summed E-state index contributed by atoms with van der Waals surface area (Å²) in [6.07, 6.45) is -5.43. The second-order valence-electron chi connectivity index (χ2n) is 4.79. The molecule has 0 atom stereocenters. The number of hydrogen-bond donors (Lipinski definition) is 0. The number of rotatable bonds is 4. The Morgan fingerprint density at radius 2 is 1.54 bits per heavy atom. The number of alkyl halides is 3. The van der Waals surface area contributed by atoms with E-state index >= 15 is 0 Å². The van der Waals surface area contributed by atoms with Crippen LogP contribution in [0.3, 0.4) is 0 Å². The minimum Gasteiger partial charge on any atom is -0.305 e. The number of ketones is 1. The van der Waals surface area contributed by atoms with Crippen LogP contribution in [0.5, 0.6) is 0 Å². The van der Waals surface area contributed by atoms with Crippen molar-refractivity contribution in [3.63, 3.8) is 0 Å². The van der Waals surface area contributed by atoms with Crippen LogP contribution in [0, 0.1) is 0 Å². The number of carbonyl (C=O) groups excluding carboxylic acids is 2. The fraction of sp³-hybridized carbons (Fsp3) is 0.333. The molecule has 1 aromatic rings. The van der Waals surface area contributed by atoms with Gasteiger partial charge in [-0.3, -0.25) is 9.59 Å². The molecule has 24 heavy (non-hydrogen) atoms. The summed E-state index contributed by atoms with van der Waals surface area (Å²) in [5.74, 6) is -3.63. The fourth-order valence-electron chi connectivity index (χ4n) is 1.76. The maximum Gasteiger partial charge on any atom is 0.471 e. The Balaban J connectivity index is 3.69. The van der Waals surface area contributed by atoms with Gasteiger partial charge in [0.05, 0.1) is 0 Å². The molecule has 0 aliphatic heterocycles. The molecule has 0 aromatic heterocycles. The van der Waals surface area contributed by atoms with Gasteiger partial charge in [0.1, 0.15) is 4.90 Å². The summed E-state index contributed by atoms with van der Waals surface area (Å²) in [4.78, 5) is 19.8. The molecule has 0 bridgehead atoms. The summed E-state index contributed by atoms with van der Waals surface area (Å²) >= 11 is 0. The topological polar surface area (TPSA) is 37.4 Å². The number of Topliss-reactive ketones (excluding diaryl/α,β-unsaturated/α-hetero) is 1. The molecule has 12 heteroatoms. The van der Waals surface area contributed by atoms with Gasteiger partial charge < -0.3 is 4.90 Å². The van der Waals surface area contributed by atoms with Crippen molar-refractivity contribution in [2.24, 2.45) is 0 Å². The van der Waals surface area contributed by atoms with E-state index in [4.69, 9.17) is 0 Å². The average Bonchev–Trinajstić information content (AvgIpc) is 2.35. The van der Waals surface area contributed by atoms with Crippen molar-refractivity contribution in [3.8, 4) is 0 Å². The van der Waals surface area contributed by atoms with Crippen molar-refractivity contribution in [2.45, 2.75) is 24.9 Å².